The van der Waals surface area contributed by atoms with E-state index in [0.29, 0.717) is 5.82 Å². The van der Waals surface area contributed by atoms with E-state index in [4.69, 9.17) is 11.6 Å². The molecule has 0 spiro atoms. The van der Waals surface area contributed by atoms with Crippen molar-refractivity contribution in [2.45, 2.75) is 0 Å². The third kappa shape index (κ3) is 2.31. The van der Waals surface area contributed by atoms with Gasteiger partial charge in [-0.05, 0) is 17.7 Å². The van der Waals surface area contributed by atoms with E-state index in [1.807, 2.05) is 6.07 Å². The monoisotopic (exact) mass is 176 g/mol. The Kier molecular flexibility index (Phi) is 3.05. The number of hydrogen-bond acceptors (Lipinski definition) is 4. The number of nitrogens with two attached hydrogens (primary N) is 2. The standard InChI is InChI=1S/C9H12N4/c1-2-8-3-4-9(12-7-8)13(11)6-5-10/h2-7H,1,10-11H2/b6-5-. The summed E-state index contributed by atoms with van der Waals surface area (Å²) in [7, 11) is 0. The van der Waals surface area contributed by atoms with Gasteiger partial charge in [-0.3, -0.25) is 5.01 Å². The molecule has 1 rings (SSSR count). The molecule has 0 aliphatic carbocycles. The van der Waals surface area contributed by atoms with Gasteiger partial charge in [-0.2, -0.15) is 0 Å². The molecule has 13 heavy (non-hydrogen) atoms. The van der Waals surface area contributed by atoms with E-state index in [2.05, 4.69) is 11.6 Å². The van der Waals surface area contributed by atoms with Crippen LogP contribution in [-0.4, -0.2) is 4.98 Å². The lowest BCUT2D eigenvalue weighted by Gasteiger charge is -2.11. The Balaban J connectivity index is 2.85. The zero-order valence-electron chi connectivity index (χ0n) is 7.22. The lowest BCUT2D eigenvalue weighted by atomic mass is 10.3. The molecule has 0 aromatic carbocycles. The first-order valence-electron chi connectivity index (χ1n) is 3.78. The quantitative estimate of drug-likeness (QED) is 0.529. The average molecular weight is 176 g/mol. The minimum atomic E-state index is 0.632. The van der Waals surface area contributed by atoms with Gasteiger partial charge in [0.25, 0.3) is 0 Å². The Morgan fingerprint density at radius 3 is 2.69 bits per heavy atom. The minimum absolute atomic E-state index is 0.632. The maximum atomic E-state index is 5.58. The zero-order valence-corrected chi connectivity index (χ0v) is 7.22. The summed E-state index contributed by atoms with van der Waals surface area (Å²) < 4.78 is 0. The topological polar surface area (TPSA) is 68.2 Å². The maximum Gasteiger partial charge on any atom is 0.146 e. The van der Waals surface area contributed by atoms with E-state index in [-0.39, 0.29) is 0 Å². The molecule has 0 radical (unpaired) electrons. The van der Waals surface area contributed by atoms with E-state index < -0.39 is 0 Å². The van der Waals surface area contributed by atoms with Gasteiger partial charge in [0.05, 0.1) is 0 Å². The second-order valence-electron chi connectivity index (χ2n) is 2.40. The highest BCUT2D eigenvalue weighted by atomic mass is 15.4. The first kappa shape index (κ1) is 9.28. The molecule has 1 aromatic rings. The van der Waals surface area contributed by atoms with Crippen LogP contribution >= 0.6 is 0 Å². The Bertz CT molecular complexity index is 302. The Hall–Kier alpha value is -1.81. The smallest absolute Gasteiger partial charge is 0.146 e. The molecule has 0 saturated carbocycles. The van der Waals surface area contributed by atoms with Crippen LogP contribution in [0.5, 0.6) is 0 Å². The van der Waals surface area contributed by atoms with Crippen LogP contribution in [0.3, 0.4) is 0 Å². The third-order valence-electron chi connectivity index (χ3n) is 1.52. The molecule has 0 aliphatic rings. The van der Waals surface area contributed by atoms with E-state index in [1.54, 1.807) is 18.3 Å². The Labute approximate surface area is 77.1 Å². The maximum absolute atomic E-state index is 5.58. The fraction of sp³-hybridized carbons (Fsp3) is 0. The second kappa shape index (κ2) is 4.27. The van der Waals surface area contributed by atoms with Gasteiger partial charge in [0.1, 0.15) is 5.82 Å². The molecule has 4 N–H and O–H groups in total. The van der Waals surface area contributed by atoms with Gasteiger partial charge >= 0.3 is 0 Å². The number of hydrogen-bond donors (Lipinski definition) is 2. The predicted molar refractivity (Wildman–Crippen MR) is 54.3 cm³/mol. The number of hydrazine groups is 1. The van der Waals surface area contributed by atoms with E-state index in [1.165, 1.54) is 17.4 Å². The average Bonchev–Trinajstić information content (AvgIpc) is 2.18. The van der Waals surface area contributed by atoms with E-state index >= 15 is 0 Å². The first-order valence-corrected chi connectivity index (χ1v) is 3.78. The molecule has 0 unspecified atom stereocenters. The van der Waals surface area contributed by atoms with Crippen molar-refractivity contribution in [2.24, 2.45) is 11.6 Å². The van der Waals surface area contributed by atoms with Gasteiger partial charge < -0.3 is 5.73 Å². The van der Waals surface area contributed by atoms with Crippen molar-refractivity contribution in [3.63, 3.8) is 0 Å². The molecule has 1 aromatic heterocycles. The Morgan fingerprint density at radius 1 is 1.46 bits per heavy atom. The van der Waals surface area contributed by atoms with Gasteiger partial charge in [0.15, 0.2) is 0 Å². The zero-order chi connectivity index (χ0) is 9.68. The molecule has 0 atom stereocenters. The van der Waals surface area contributed by atoms with Crippen molar-refractivity contribution in [3.8, 4) is 0 Å². The third-order valence-corrected chi connectivity index (χ3v) is 1.52. The van der Waals surface area contributed by atoms with Crippen LogP contribution in [0.4, 0.5) is 5.82 Å². The summed E-state index contributed by atoms with van der Waals surface area (Å²) in [5.41, 5.74) is 6.13. The van der Waals surface area contributed by atoms with Crippen molar-refractivity contribution in [2.75, 3.05) is 5.01 Å². The summed E-state index contributed by atoms with van der Waals surface area (Å²) in [6.45, 7) is 3.62. The molecule has 4 nitrogen and oxygen atoms in total. The number of nitrogens with zero attached hydrogens (tertiary/aromatic N) is 2. The first-order chi connectivity index (χ1) is 6.27. The van der Waals surface area contributed by atoms with Crippen LogP contribution in [0.15, 0.2) is 37.3 Å². The summed E-state index contributed by atoms with van der Waals surface area (Å²) in [6.07, 6.45) is 6.28. The highest BCUT2D eigenvalue weighted by Gasteiger charge is 1.97. The fourth-order valence-corrected chi connectivity index (χ4v) is 0.840. The molecule has 0 saturated heterocycles. The van der Waals surface area contributed by atoms with Gasteiger partial charge in [0, 0.05) is 18.6 Å². The summed E-state index contributed by atoms with van der Waals surface area (Å²) in [5, 5.41) is 1.34. The van der Waals surface area contributed by atoms with Gasteiger partial charge in [-0.15, -0.1) is 0 Å². The molecule has 0 bridgehead atoms. The molecule has 0 fully saturated rings. The predicted octanol–water partition coefficient (Wildman–Crippen LogP) is 0.835. The van der Waals surface area contributed by atoms with Crippen LogP contribution in [-0.2, 0) is 0 Å². The summed E-state index contributed by atoms with van der Waals surface area (Å²) in [6, 6.07) is 3.66. The SMILES string of the molecule is C=Cc1ccc(N(N)/C=C\N)nc1. The summed E-state index contributed by atoms with van der Waals surface area (Å²) >= 11 is 0. The van der Waals surface area contributed by atoms with Crippen LogP contribution < -0.4 is 16.6 Å². The molecular formula is C9H12N4. The van der Waals surface area contributed by atoms with Gasteiger partial charge in [0.2, 0.25) is 0 Å². The number of aromatic nitrogens is 1. The van der Waals surface area contributed by atoms with Gasteiger partial charge in [-0.1, -0.05) is 12.7 Å². The van der Waals surface area contributed by atoms with Gasteiger partial charge in [-0.25, -0.2) is 10.8 Å². The molecular weight excluding hydrogens is 164 g/mol. The van der Waals surface area contributed by atoms with Crippen molar-refractivity contribution >= 4 is 11.9 Å². The molecule has 1 heterocycles. The lowest BCUT2D eigenvalue weighted by molar-refractivity contribution is 1.02. The molecule has 4 heteroatoms. The van der Waals surface area contributed by atoms with E-state index in [9.17, 15) is 0 Å². The number of pyridine rings is 1. The van der Waals surface area contributed by atoms with Crippen molar-refractivity contribution in [3.05, 3.63) is 42.9 Å². The molecule has 0 aliphatic heterocycles. The molecule has 68 valence electrons. The number of anilines is 1. The van der Waals surface area contributed by atoms with Crippen LogP contribution in [0.2, 0.25) is 0 Å². The lowest BCUT2D eigenvalue weighted by Crippen LogP contribution is -2.25. The highest BCUT2D eigenvalue weighted by molar-refractivity contribution is 5.49. The summed E-state index contributed by atoms with van der Waals surface area (Å²) in [4.78, 5) is 4.09. The fourth-order valence-electron chi connectivity index (χ4n) is 0.840. The van der Waals surface area contributed by atoms with Crippen LogP contribution in [0.1, 0.15) is 5.56 Å². The highest BCUT2D eigenvalue weighted by Crippen LogP contribution is 2.08. The number of rotatable bonds is 3. The Morgan fingerprint density at radius 2 is 2.23 bits per heavy atom. The van der Waals surface area contributed by atoms with Crippen LogP contribution in [0.25, 0.3) is 6.08 Å². The van der Waals surface area contributed by atoms with Crippen molar-refractivity contribution in [1.29, 1.82) is 0 Å². The van der Waals surface area contributed by atoms with Crippen molar-refractivity contribution in [1.82, 2.24) is 4.98 Å². The van der Waals surface area contributed by atoms with E-state index in [0.717, 1.165) is 5.56 Å². The largest absolute Gasteiger partial charge is 0.403 e. The second-order valence-corrected chi connectivity index (χ2v) is 2.40. The normalized spacial score (nSPS) is 10.2. The molecule has 0 amide bonds. The summed E-state index contributed by atoms with van der Waals surface area (Å²) in [5.74, 6) is 6.21. The van der Waals surface area contributed by atoms with Crippen molar-refractivity contribution < 1.29 is 0 Å². The van der Waals surface area contributed by atoms with Crippen LogP contribution in [0, 0.1) is 0 Å². The minimum Gasteiger partial charge on any atom is -0.403 e.